The molecule has 1 N–H and O–H groups in total. The number of carbonyl (C=O) groups is 1. The average Bonchev–Trinajstić information content (AvgIpc) is 2.69. The summed E-state index contributed by atoms with van der Waals surface area (Å²) < 4.78 is 47.3. The number of benzene rings is 1. The van der Waals surface area contributed by atoms with Gasteiger partial charge in [-0.15, -0.1) is 0 Å². The van der Waals surface area contributed by atoms with E-state index < -0.39 is 24.0 Å². The van der Waals surface area contributed by atoms with Crippen LogP contribution in [-0.2, 0) is 0 Å². The predicted molar refractivity (Wildman–Crippen MR) is 107 cm³/mol. The van der Waals surface area contributed by atoms with Crippen LogP contribution in [0.4, 0.5) is 13.2 Å². The van der Waals surface area contributed by atoms with Crippen LogP contribution in [0.25, 0.3) is 0 Å². The number of alkyl halides is 3. The molecule has 0 spiro atoms. The molecular weight excluding hydrogens is 458 g/mol. The van der Waals surface area contributed by atoms with Crippen LogP contribution in [0.2, 0.25) is 10.2 Å². The zero-order valence-electron chi connectivity index (χ0n) is 15.8. The summed E-state index contributed by atoms with van der Waals surface area (Å²) in [6.45, 7) is 1.40. The number of nitrogens with zero attached hydrogens (tertiary/aromatic N) is 3. The molecule has 162 valence electrons. The van der Waals surface area contributed by atoms with E-state index in [1.165, 1.54) is 43.5 Å². The van der Waals surface area contributed by atoms with Gasteiger partial charge in [0.25, 0.3) is 0 Å². The monoisotopic (exact) mass is 471 g/mol. The van der Waals surface area contributed by atoms with Gasteiger partial charge in [-0.2, -0.15) is 13.2 Å². The summed E-state index contributed by atoms with van der Waals surface area (Å²) in [5.41, 5.74) is 0.00774. The summed E-state index contributed by atoms with van der Waals surface area (Å²) in [6, 6.07) is 6.47. The molecule has 0 fully saturated rings. The lowest BCUT2D eigenvalue weighted by Crippen LogP contribution is -2.26. The maximum atomic E-state index is 13.9. The van der Waals surface area contributed by atoms with E-state index >= 15 is 0 Å². The van der Waals surface area contributed by atoms with Crippen LogP contribution in [0, 0.1) is 0 Å². The van der Waals surface area contributed by atoms with Gasteiger partial charge in [0.05, 0.1) is 11.5 Å². The summed E-state index contributed by atoms with van der Waals surface area (Å²) in [7, 11) is 0. The molecule has 0 amide bonds. The second kappa shape index (κ2) is 9.07. The number of hydrogen-bond acceptors (Lipinski definition) is 5. The SMILES string of the molecule is CC(c1cc(Oc2ncc(C(=O)O)cn2)ccc1Cl)C(c1ccnc(Cl)c1)C(F)(F)F. The van der Waals surface area contributed by atoms with Crippen molar-refractivity contribution >= 4 is 29.2 Å². The minimum atomic E-state index is -4.58. The summed E-state index contributed by atoms with van der Waals surface area (Å²) in [5.74, 6) is -4.05. The molecule has 0 saturated carbocycles. The van der Waals surface area contributed by atoms with Crippen molar-refractivity contribution in [3.8, 4) is 11.8 Å². The molecule has 3 aromatic rings. The fourth-order valence-electron chi connectivity index (χ4n) is 3.07. The molecule has 6 nitrogen and oxygen atoms in total. The van der Waals surface area contributed by atoms with Gasteiger partial charge < -0.3 is 9.84 Å². The number of carboxylic acids is 1. The Morgan fingerprint density at radius 1 is 1.10 bits per heavy atom. The van der Waals surface area contributed by atoms with Gasteiger partial charge in [0.1, 0.15) is 10.9 Å². The first-order chi connectivity index (χ1) is 14.6. The molecule has 0 saturated heterocycles. The standard InChI is InChI=1S/C20H14Cl2F3N3O3/c1-10(17(20(23,24)25)11-4-5-26-16(22)6-11)14-7-13(2-3-15(14)21)31-19-27-8-12(9-28-19)18(29)30/h2-10,17H,1H3,(H,29,30). The summed E-state index contributed by atoms with van der Waals surface area (Å²) in [4.78, 5) is 22.2. The van der Waals surface area contributed by atoms with Crippen molar-refractivity contribution in [2.75, 3.05) is 0 Å². The van der Waals surface area contributed by atoms with E-state index in [1.807, 2.05) is 0 Å². The topological polar surface area (TPSA) is 85.2 Å². The number of hydrogen-bond donors (Lipinski definition) is 1. The van der Waals surface area contributed by atoms with Gasteiger partial charge in [-0.3, -0.25) is 0 Å². The fourth-order valence-corrected chi connectivity index (χ4v) is 3.54. The second-order valence-corrected chi connectivity index (χ2v) is 7.36. The third-order valence-corrected chi connectivity index (χ3v) is 5.06. The minimum absolute atomic E-state index is 0.0463. The van der Waals surface area contributed by atoms with Crippen LogP contribution >= 0.6 is 23.2 Å². The highest BCUT2D eigenvalue weighted by Crippen LogP contribution is 2.47. The largest absolute Gasteiger partial charge is 0.478 e. The van der Waals surface area contributed by atoms with E-state index in [0.717, 1.165) is 12.4 Å². The van der Waals surface area contributed by atoms with E-state index in [0.29, 0.717) is 0 Å². The molecule has 2 heterocycles. The van der Waals surface area contributed by atoms with Crippen molar-refractivity contribution in [1.29, 1.82) is 0 Å². The lowest BCUT2D eigenvalue weighted by atomic mass is 9.82. The highest BCUT2D eigenvalue weighted by molar-refractivity contribution is 6.31. The van der Waals surface area contributed by atoms with E-state index in [1.54, 1.807) is 0 Å². The van der Waals surface area contributed by atoms with Gasteiger partial charge in [0.15, 0.2) is 0 Å². The molecule has 0 aliphatic rings. The molecule has 0 aliphatic carbocycles. The molecule has 11 heteroatoms. The molecule has 3 rings (SSSR count). The Morgan fingerprint density at radius 2 is 1.77 bits per heavy atom. The van der Waals surface area contributed by atoms with Gasteiger partial charge in [-0.1, -0.05) is 30.1 Å². The maximum absolute atomic E-state index is 13.9. The number of rotatable bonds is 6. The normalized spacial score (nSPS) is 13.5. The lowest BCUT2D eigenvalue weighted by Gasteiger charge is -2.28. The quantitative estimate of drug-likeness (QED) is 0.436. The smallest absolute Gasteiger partial charge is 0.396 e. The number of pyridine rings is 1. The number of aromatic carboxylic acids is 1. The number of ether oxygens (including phenoxy) is 1. The zero-order chi connectivity index (χ0) is 22.8. The van der Waals surface area contributed by atoms with E-state index in [2.05, 4.69) is 15.0 Å². The summed E-state index contributed by atoms with van der Waals surface area (Å²) in [6.07, 6.45) is -1.27. The molecule has 1 aromatic carbocycles. The van der Waals surface area contributed by atoms with Crippen LogP contribution in [0.15, 0.2) is 48.9 Å². The highest BCUT2D eigenvalue weighted by Gasteiger charge is 2.45. The van der Waals surface area contributed by atoms with E-state index in [9.17, 15) is 18.0 Å². The van der Waals surface area contributed by atoms with Crippen LogP contribution in [0.3, 0.4) is 0 Å². The lowest BCUT2D eigenvalue weighted by molar-refractivity contribution is -0.154. The molecular formula is C20H14Cl2F3N3O3. The first-order valence-corrected chi connectivity index (χ1v) is 9.52. The predicted octanol–water partition coefficient (Wildman–Crippen LogP) is 6.12. The molecule has 0 bridgehead atoms. The minimum Gasteiger partial charge on any atom is -0.478 e. The van der Waals surface area contributed by atoms with Crippen molar-refractivity contribution < 1.29 is 27.8 Å². The molecule has 2 unspecified atom stereocenters. The van der Waals surface area contributed by atoms with Gasteiger partial charge in [0.2, 0.25) is 0 Å². The van der Waals surface area contributed by atoms with Gasteiger partial charge in [-0.05, 0) is 47.4 Å². The number of carboxylic acid groups (broad SMARTS) is 1. The van der Waals surface area contributed by atoms with E-state index in [-0.39, 0.29) is 38.6 Å². The van der Waals surface area contributed by atoms with Crippen molar-refractivity contribution in [3.05, 3.63) is 75.8 Å². The zero-order valence-corrected chi connectivity index (χ0v) is 17.3. The van der Waals surface area contributed by atoms with E-state index in [4.69, 9.17) is 33.0 Å². The Kier molecular flexibility index (Phi) is 6.66. The van der Waals surface area contributed by atoms with Crippen molar-refractivity contribution in [2.45, 2.75) is 24.9 Å². The Labute approximate surface area is 184 Å². The second-order valence-electron chi connectivity index (χ2n) is 6.56. The van der Waals surface area contributed by atoms with Gasteiger partial charge in [0, 0.05) is 23.6 Å². The molecule has 31 heavy (non-hydrogen) atoms. The third kappa shape index (κ3) is 5.42. The van der Waals surface area contributed by atoms with Gasteiger partial charge in [-0.25, -0.2) is 19.7 Å². The van der Waals surface area contributed by atoms with Crippen LogP contribution < -0.4 is 4.74 Å². The molecule has 0 radical (unpaired) electrons. The van der Waals surface area contributed by atoms with Crippen LogP contribution in [0.1, 0.15) is 40.2 Å². The molecule has 2 atom stereocenters. The van der Waals surface area contributed by atoms with Gasteiger partial charge >= 0.3 is 18.2 Å². The first-order valence-electron chi connectivity index (χ1n) is 8.77. The van der Waals surface area contributed by atoms with Crippen molar-refractivity contribution in [1.82, 2.24) is 15.0 Å². The third-order valence-electron chi connectivity index (χ3n) is 4.50. The Hall–Kier alpha value is -2.91. The summed E-state index contributed by atoms with van der Waals surface area (Å²) >= 11 is 12.0. The van der Waals surface area contributed by atoms with Crippen molar-refractivity contribution in [3.63, 3.8) is 0 Å². The Bertz CT molecular complexity index is 1100. The first kappa shape index (κ1) is 22.8. The Balaban J connectivity index is 1.94. The van der Waals surface area contributed by atoms with Crippen molar-refractivity contribution in [2.24, 2.45) is 0 Å². The Morgan fingerprint density at radius 3 is 2.35 bits per heavy atom. The van der Waals surface area contributed by atoms with Crippen LogP contribution in [0.5, 0.6) is 11.8 Å². The maximum Gasteiger partial charge on any atom is 0.396 e. The summed E-state index contributed by atoms with van der Waals surface area (Å²) in [5, 5.41) is 8.95. The average molecular weight is 472 g/mol. The fraction of sp³-hybridized carbons (Fsp3) is 0.200. The molecule has 2 aromatic heterocycles. The number of aromatic nitrogens is 3. The van der Waals surface area contributed by atoms with Crippen LogP contribution in [-0.4, -0.2) is 32.2 Å². The molecule has 0 aliphatic heterocycles. The number of halogens is 5. The highest BCUT2D eigenvalue weighted by atomic mass is 35.5.